The highest BCUT2D eigenvalue weighted by atomic mass is 16.1. The van der Waals surface area contributed by atoms with Crippen molar-refractivity contribution in [3.63, 3.8) is 0 Å². The molecule has 0 spiro atoms. The van der Waals surface area contributed by atoms with Crippen molar-refractivity contribution < 1.29 is 4.79 Å². The van der Waals surface area contributed by atoms with E-state index in [1.165, 1.54) is 0 Å². The summed E-state index contributed by atoms with van der Waals surface area (Å²) in [6.07, 6.45) is 3.89. The van der Waals surface area contributed by atoms with Crippen molar-refractivity contribution in [2.45, 2.75) is 46.5 Å². The molecule has 2 aromatic heterocycles. The number of aryl methyl sites for hydroxylation is 3. The van der Waals surface area contributed by atoms with Gasteiger partial charge in [0.15, 0.2) is 5.65 Å². The van der Waals surface area contributed by atoms with Gasteiger partial charge in [0.2, 0.25) is 5.91 Å². The Hall–Kier alpha value is -2.15. The lowest BCUT2D eigenvalue weighted by atomic mass is 9.97. The highest BCUT2D eigenvalue weighted by molar-refractivity contribution is 5.76. The molecular weight excluding hydrogens is 328 g/mol. The number of carbonyl (C=O) groups excluding carboxylic acids is 1. The lowest BCUT2D eigenvalue weighted by molar-refractivity contribution is -0.123. The average molecular weight is 358 g/mol. The highest BCUT2D eigenvalue weighted by Crippen LogP contribution is 2.19. The van der Waals surface area contributed by atoms with E-state index >= 15 is 0 Å². The fourth-order valence-corrected chi connectivity index (χ4v) is 3.60. The van der Waals surface area contributed by atoms with Gasteiger partial charge in [-0.1, -0.05) is 6.92 Å². The summed E-state index contributed by atoms with van der Waals surface area (Å²) < 4.78 is 1.91. The van der Waals surface area contributed by atoms with Crippen molar-refractivity contribution in [3.05, 3.63) is 23.0 Å². The van der Waals surface area contributed by atoms with E-state index in [0.29, 0.717) is 0 Å². The van der Waals surface area contributed by atoms with Crippen molar-refractivity contribution in [2.24, 2.45) is 11.7 Å². The molecule has 7 nitrogen and oxygen atoms in total. The Morgan fingerprint density at radius 2 is 2.23 bits per heavy atom. The lowest BCUT2D eigenvalue weighted by Gasteiger charge is -2.31. The highest BCUT2D eigenvalue weighted by Gasteiger charge is 2.23. The van der Waals surface area contributed by atoms with Gasteiger partial charge in [-0.05, 0) is 52.6 Å². The molecule has 26 heavy (non-hydrogen) atoms. The zero-order valence-electron chi connectivity index (χ0n) is 16.1. The van der Waals surface area contributed by atoms with Crippen LogP contribution in [0.15, 0.2) is 6.07 Å². The quantitative estimate of drug-likeness (QED) is 0.738. The molecule has 1 atom stereocenters. The number of primary amides is 1. The molecule has 0 bridgehead atoms. The summed E-state index contributed by atoms with van der Waals surface area (Å²) in [6, 6.07) is 2.09. The second kappa shape index (κ2) is 8.03. The van der Waals surface area contributed by atoms with E-state index in [1.54, 1.807) is 0 Å². The van der Waals surface area contributed by atoms with Crippen LogP contribution < -0.4 is 11.1 Å². The zero-order valence-corrected chi connectivity index (χ0v) is 16.1. The number of amides is 1. The predicted molar refractivity (Wildman–Crippen MR) is 103 cm³/mol. The van der Waals surface area contributed by atoms with Gasteiger partial charge in [-0.15, -0.1) is 0 Å². The van der Waals surface area contributed by atoms with Crippen LogP contribution in [-0.2, 0) is 11.2 Å². The summed E-state index contributed by atoms with van der Waals surface area (Å²) in [5.74, 6) is 0.846. The van der Waals surface area contributed by atoms with Gasteiger partial charge in [0.25, 0.3) is 0 Å². The summed E-state index contributed by atoms with van der Waals surface area (Å²) in [5.41, 5.74) is 9.62. The van der Waals surface area contributed by atoms with Gasteiger partial charge in [0, 0.05) is 30.4 Å². The molecule has 0 aromatic carbocycles. The van der Waals surface area contributed by atoms with Crippen molar-refractivity contribution in [2.75, 3.05) is 31.5 Å². The van der Waals surface area contributed by atoms with Crippen LogP contribution in [0.1, 0.15) is 43.1 Å². The normalized spacial score (nSPS) is 18.3. The molecule has 3 N–H and O–H groups in total. The second-order valence-electron chi connectivity index (χ2n) is 7.25. The van der Waals surface area contributed by atoms with Crippen LogP contribution in [0.25, 0.3) is 5.65 Å². The average Bonchev–Trinajstić information content (AvgIpc) is 2.93. The third-order valence-electron chi connectivity index (χ3n) is 5.34. The fourth-order valence-electron chi connectivity index (χ4n) is 3.60. The molecule has 1 saturated heterocycles. The Balaban J connectivity index is 1.60. The summed E-state index contributed by atoms with van der Waals surface area (Å²) in [4.78, 5) is 18.5. The van der Waals surface area contributed by atoms with Crippen LogP contribution in [-0.4, -0.2) is 51.6 Å². The minimum absolute atomic E-state index is 0.0127. The second-order valence-corrected chi connectivity index (χ2v) is 7.25. The molecule has 0 saturated carbocycles. The van der Waals surface area contributed by atoms with E-state index in [-0.39, 0.29) is 11.8 Å². The first-order valence-electron chi connectivity index (χ1n) is 9.61. The molecular formula is C19H30N6O. The number of hydrogen-bond acceptors (Lipinski definition) is 5. The van der Waals surface area contributed by atoms with E-state index in [2.05, 4.69) is 35.2 Å². The van der Waals surface area contributed by atoms with Gasteiger partial charge in [0.1, 0.15) is 5.82 Å². The molecule has 3 heterocycles. The Kier molecular flexibility index (Phi) is 5.76. The smallest absolute Gasteiger partial charge is 0.221 e. The minimum atomic E-state index is -0.163. The number of carbonyl (C=O) groups is 1. The van der Waals surface area contributed by atoms with Crippen LogP contribution in [0.2, 0.25) is 0 Å². The van der Waals surface area contributed by atoms with Gasteiger partial charge >= 0.3 is 0 Å². The third kappa shape index (κ3) is 3.98. The Morgan fingerprint density at radius 1 is 1.42 bits per heavy atom. The number of anilines is 1. The van der Waals surface area contributed by atoms with Gasteiger partial charge in [0.05, 0.1) is 11.6 Å². The molecule has 0 unspecified atom stereocenters. The van der Waals surface area contributed by atoms with Crippen LogP contribution in [0, 0.1) is 19.8 Å². The topological polar surface area (TPSA) is 88.5 Å². The number of rotatable bonds is 7. The number of aromatic nitrogens is 3. The first-order chi connectivity index (χ1) is 12.5. The Labute approximate surface area is 155 Å². The van der Waals surface area contributed by atoms with Gasteiger partial charge in [-0.25, -0.2) is 4.98 Å². The van der Waals surface area contributed by atoms with Crippen LogP contribution >= 0.6 is 0 Å². The number of nitrogens with zero attached hydrogens (tertiary/aromatic N) is 4. The van der Waals surface area contributed by atoms with E-state index in [4.69, 9.17) is 10.7 Å². The largest absolute Gasteiger partial charge is 0.370 e. The van der Waals surface area contributed by atoms with Crippen molar-refractivity contribution in [1.82, 2.24) is 19.5 Å². The number of likely N-dealkylation sites (tertiary alicyclic amines) is 1. The summed E-state index contributed by atoms with van der Waals surface area (Å²) >= 11 is 0. The predicted octanol–water partition coefficient (Wildman–Crippen LogP) is 1.91. The zero-order chi connectivity index (χ0) is 18.7. The molecule has 0 aliphatic carbocycles. The van der Waals surface area contributed by atoms with Crippen molar-refractivity contribution in [1.29, 1.82) is 0 Å². The first kappa shape index (κ1) is 18.6. The van der Waals surface area contributed by atoms with Gasteiger partial charge < -0.3 is 16.0 Å². The van der Waals surface area contributed by atoms with Gasteiger partial charge in [-0.3, -0.25) is 4.79 Å². The first-order valence-corrected chi connectivity index (χ1v) is 9.61. The molecule has 7 heteroatoms. The summed E-state index contributed by atoms with van der Waals surface area (Å²) in [7, 11) is 0. The maximum absolute atomic E-state index is 11.4. The maximum atomic E-state index is 11.4. The molecule has 1 aliphatic rings. The Morgan fingerprint density at radius 3 is 2.96 bits per heavy atom. The van der Waals surface area contributed by atoms with E-state index in [9.17, 15) is 4.79 Å². The molecule has 1 fully saturated rings. The third-order valence-corrected chi connectivity index (χ3v) is 5.34. The molecule has 142 valence electrons. The summed E-state index contributed by atoms with van der Waals surface area (Å²) in [6.45, 7) is 9.89. The van der Waals surface area contributed by atoms with E-state index < -0.39 is 0 Å². The minimum Gasteiger partial charge on any atom is -0.370 e. The fraction of sp³-hybridized carbons (Fsp3) is 0.632. The molecule has 1 amide bonds. The monoisotopic (exact) mass is 358 g/mol. The van der Waals surface area contributed by atoms with Crippen LogP contribution in [0.4, 0.5) is 5.82 Å². The van der Waals surface area contributed by atoms with Crippen molar-refractivity contribution >= 4 is 17.4 Å². The Bertz CT molecular complexity index is 784. The molecule has 3 rings (SSSR count). The number of hydrogen-bond donors (Lipinski definition) is 2. The number of fused-ring (bicyclic) bond motifs is 1. The SMILES string of the molecule is CCc1cc(NCCCN2CCC[C@@H](C(N)=O)C2)n2nc(C)c(C)c2n1. The molecule has 1 aliphatic heterocycles. The van der Waals surface area contributed by atoms with Crippen LogP contribution in [0.5, 0.6) is 0 Å². The summed E-state index contributed by atoms with van der Waals surface area (Å²) in [5, 5.41) is 8.13. The molecule has 0 radical (unpaired) electrons. The van der Waals surface area contributed by atoms with Crippen LogP contribution in [0.3, 0.4) is 0 Å². The van der Waals surface area contributed by atoms with Gasteiger partial charge in [-0.2, -0.15) is 9.61 Å². The van der Waals surface area contributed by atoms with E-state index in [1.807, 2.05) is 11.4 Å². The molecule has 2 aromatic rings. The standard InChI is InChI=1S/C19H30N6O/c1-4-16-11-17(25-19(22-16)13(2)14(3)23-25)21-8-6-10-24-9-5-7-15(12-24)18(20)26/h11,15,21H,4-10,12H2,1-3H3,(H2,20,26)/t15-/m1/s1. The lowest BCUT2D eigenvalue weighted by Crippen LogP contribution is -2.41. The number of piperidine rings is 1. The number of nitrogens with one attached hydrogen (secondary N) is 1. The van der Waals surface area contributed by atoms with Crippen molar-refractivity contribution in [3.8, 4) is 0 Å². The van der Waals surface area contributed by atoms with E-state index in [0.717, 1.165) is 80.3 Å². The maximum Gasteiger partial charge on any atom is 0.221 e. The number of nitrogens with two attached hydrogens (primary N) is 1.